The lowest BCUT2D eigenvalue weighted by atomic mass is 10.5. The lowest BCUT2D eigenvalue weighted by Gasteiger charge is -1.96. The van der Waals surface area contributed by atoms with E-state index in [9.17, 15) is 0 Å². The van der Waals surface area contributed by atoms with Crippen molar-refractivity contribution in [1.82, 2.24) is 0 Å². The van der Waals surface area contributed by atoms with Gasteiger partial charge in [-0.05, 0) is 6.42 Å². The quantitative estimate of drug-likeness (QED) is 0.415. The maximum absolute atomic E-state index is 5.01. The minimum Gasteiger partial charge on any atom is -0.499 e. The van der Waals surface area contributed by atoms with Gasteiger partial charge in [0.05, 0.1) is 12.9 Å². The molecule has 2 nitrogen and oxygen atoms in total. The zero-order valence-electron chi connectivity index (χ0n) is 6.09. The van der Waals surface area contributed by atoms with Gasteiger partial charge in [0.25, 0.3) is 0 Å². The Bertz CT molecular complexity index is 69.3. The summed E-state index contributed by atoms with van der Waals surface area (Å²) in [5.41, 5.74) is 0. The molecule has 2 heteroatoms. The van der Waals surface area contributed by atoms with Gasteiger partial charge < -0.3 is 9.47 Å². The Labute approximate surface area is 56.5 Å². The molecule has 0 aliphatic rings. The van der Waals surface area contributed by atoms with Gasteiger partial charge in [0.15, 0.2) is 0 Å². The third-order valence-electron chi connectivity index (χ3n) is 0.833. The van der Waals surface area contributed by atoms with Crippen LogP contribution in [-0.4, -0.2) is 20.3 Å². The van der Waals surface area contributed by atoms with Crippen molar-refractivity contribution in [3.63, 3.8) is 0 Å². The van der Waals surface area contributed by atoms with Crippen LogP contribution in [0.2, 0.25) is 0 Å². The fourth-order valence-electron chi connectivity index (χ4n) is 0.364. The van der Waals surface area contributed by atoms with E-state index in [2.05, 4.69) is 6.92 Å². The predicted octanol–water partition coefficient (Wildman–Crippen LogP) is 1.57. The molecule has 0 amide bonds. The molecule has 0 bridgehead atoms. The highest BCUT2D eigenvalue weighted by molar-refractivity contribution is 4.70. The van der Waals surface area contributed by atoms with E-state index in [-0.39, 0.29) is 0 Å². The third-order valence-corrected chi connectivity index (χ3v) is 0.833. The summed E-state index contributed by atoms with van der Waals surface area (Å²) in [4.78, 5) is 0. The first kappa shape index (κ1) is 8.50. The number of hydrogen-bond donors (Lipinski definition) is 0. The van der Waals surface area contributed by atoms with Crippen LogP contribution in [0.5, 0.6) is 0 Å². The number of allylic oxidation sites excluding steroid dienone is 1. The second kappa shape index (κ2) is 7.50. The van der Waals surface area contributed by atoms with Crippen LogP contribution in [0.15, 0.2) is 12.3 Å². The first-order valence-corrected chi connectivity index (χ1v) is 3.17. The molecule has 0 aromatic rings. The van der Waals surface area contributed by atoms with Crippen molar-refractivity contribution in [3.05, 3.63) is 12.3 Å². The summed E-state index contributed by atoms with van der Waals surface area (Å²) >= 11 is 0. The molecule has 9 heavy (non-hydrogen) atoms. The molecular formula is C7H14O2. The summed E-state index contributed by atoms with van der Waals surface area (Å²) in [6, 6.07) is 0. The Morgan fingerprint density at radius 3 is 2.67 bits per heavy atom. The number of methoxy groups -OCH3 is 1. The van der Waals surface area contributed by atoms with Gasteiger partial charge in [0.1, 0.15) is 6.61 Å². The second-order valence-corrected chi connectivity index (χ2v) is 1.64. The van der Waals surface area contributed by atoms with Crippen molar-refractivity contribution < 1.29 is 9.47 Å². The first-order chi connectivity index (χ1) is 4.41. The Morgan fingerprint density at radius 2 is 2.11 bits per heavy atom. The van der Waals surface area contributed by atoms with E-state index in [1.807, 2.05) is 6.08 Å². The van der Waals surface area contributed by atoms with Crippen LogP contribution in [0.1, 0.15) is 13.3 Å². The summed E-state index contributed by atoms with van der Waals surface area (Å²) in [7, 11) is 1.66. The zero-order chi connectivity index (χ0) is 6.95. The topological polar surface area (TPSA) is 18.5 Å². The molecule has 0 aliphatic heterocycles. The highest BCUT2D eigenvalue weighted by Gasteiger charge is 1.77. The van der Waals surface area contributed by atoms with E-state index in [0.717, 1.165) is 6.42 Å². The Kier molecular flexibility index (Phi) is 7.08. The number of rotatable bonds is 5. The molecule has 0 saturated carbocycles. The van der Waals surface area contributed by atoms with Crippen molar-refractivity contribution in [2.24, 2.45) is 0 Å². The van der Waals surface area contributed by atoms with Gasteiger partial charge in [-0.25, -0.2) is 0 Å². The monoisotopic (exact) mass is 130 g/mol. The molecule has 0 saturated heterocycles. The lowest BCUT2D eigenvalue weighted by molar-refractivity contribution is 0.123. The van der Waals surface area contributed by atoms with Crippen molar-refractivity contribution in [2.45, 2.75) is 13.3 Å². The van der Waals surface area contributed by atoms with Gasteiger partial charge in [-0.15, -0.1) is 0 Å². The summed E-state index contributed by atoms with van der Waals surface area (Å²) in [5.74, 6) is 0. The SMILES string of the molecule is CC/C=C/OCCOC. The summed E-state index contributed by atoms with van der Waals surface area (Å²) in [5, 5.41) is 0. The predicted molar refractivity (Wildman–Crippen MR) is 37.3 cm³/mol. The summed E-state index contributed by atoms with van der Waals surface area (Å²) < 4.78 is 9.77. The van der Waals surface area contributed by atoms with Crippen LogP contribution >= 0.6 is 0 Å². The van der Waals surface area contributed by atoms with E-state index in [1.54, 1.807) is 13.4 Å². The van der Waals surface area contributed by atoms with Gasteiger partial charge >= 0.3 is 0 Å². The molecule has 0 unspecified atom stereocenters. The molecule has 0 aromatic heterocycles. The maximum atomic E-state index is 5.01. The van der Waals surface area contributed by atoms with Gasteiger partial charge in [0.2, 0.25) is 0 Å². The molecule has 0 aromatic carbocycles. The normalized spacial score (nSPS) is 10.4. The van der Waals surface area contributed by atoms with Gasteiger partial charge in [0, 0.05) is 7.11 Å². The summed E-state index contributed by atoms with van der Waals surface area (Å²) in [6.45, 7) is 3.37. The molecule has 0 aliphatic carbocycles. The fourth-order valence-corrected chi connectivity index (χ4v) is 0.364. The lowest BCUT2D eigenvalue weighted by Crippen LogP contribution is -1.96. The Morgan fingerprint density at radius 1 is 1.33 bits per heavy atom. The van der Waals surface area contributed by atoms with Crippen molar-refractivity contribution >= 4 is 0 Å². The highest BCUT2D eigenvalue weighted by Crippen LogP contribution is 1.81. The molecule has 0 N–H and O–H groups in total. The maximum Gasteiger partial charge on any atom is 0.111 e. The van der Waals surface area contributed by atoms with E-state index >= 15 is 0 Å². The Balaban J connectivity index is 2.82. The number of hydrogen-bond acceptors (Lipinski definition) is 2. The van der Waals surface area contributed by atoms with Crippen LogP contribution in [0.25, 0.3) is 0 Å². The number of ether oxygens (including phenoxy) is 2. The molecule has 0 atom stereocenters. The minimum absolute atomic E-state index is 0.646. The Hall–Kier alpha value is -0.500. The van der Waals surface area contributed by atoms with Crippen LogP contribution in [0.3, 0.4) is 0 Å². The minimum atomic E-state index is 0.646. The van der Waals surface area contributed by atoms with E-state index in [1.165, 1.54) is 0 Å². The van der Waals surface area contributed by atoms with Gasteiger partial charge in [-0.1, -0.05) is 13.0 Å². The van der Waals surface area contributed by atoms with E-state index in [0.29, 0.717) is 13.2 Å². The van der Waals surface area contributed by atoms with Crippen molar-refractivity contribution in [1.29, 1.82) is 0 Å². The van der Waals surface area contributed by atoms with Crippen LogP contribution < -0.4 is 0 Å². The third kappa shape index (κ3) is 7.50. The van der Waals surface area contributed by atoms with Gasteiger partial charge in [-0.3, -0.25) is 0 Å². The largest absolute Gasteiger partial charge is 0.499 e. The van der Waals surface area contributed by atoms with Crippen molar-refractivity contribution in [2.75, 3.05) is 20.3 Å². The standard InChI is InChI=1S/C7H14O2/c1-3-4-5-9-7-6-8-2/h4-5H,3,6-7H2,1-2H3/b5-4+. The smallest absolute Gasteiger partial charge is 0.111 e. The molecular weight excluding hydrogens is 116 g/mol. The van der Waals surface area contributed by atoms with E-state index in [4.69, 9.17) is 9.47 Å². The molecule has 54 valence electrons. The summed E-state index contributed by atoms with van der Waals surface area (Å²) in [6.07, 6.45) is 4.70. The average Bonchev–Trinajstić information content (AvgIpc) is 1.89. The van der Waals surface area contributed by atoms with Crippen molar-refractivity contribution in [3.8, 4) is 0 Å². The van der Waals surface area contributed by atoms with Crippen LogP contribution in [0, 0.1) is 0 Å². The highest BCUT2D eigenvalue weighted by atomic mass is 16.5. The molecule has 0 radical (unpaired) electrons. The second-order valence-electron chi connectivity index (χ2n) is 1.64. The average molecular weight is 130 g/mol. The van der Waals surface area contributed by atoms with Gasteiger partial charge in [-0.2, -0.15) is 0 Å². The van der Waals surface area contributed by atoms with Crippen LogP contribution in [-0.2, 0) is 9.47 Å². The zero-order valence-corrected chi connectivity index (χ0v) is 6.09. The van der Waals surface area contributed by atoms with E-state index < -0.39 is 0 Å². The molecule has 0 heterocycles. The molecule has 0 rings (SSSR count). The van der Waals surface area contributed by atoms with Crippen LogP contribution in [0.4, 0.5) is 0 Å². The fraction of sp³-hybridized carbons (Fsp3) is 0.714. The first-order valence-electron chi connectivity index (χ1n) is 3.17. The molecule has 0 fully saturated rings. The molecule has 0 spiro atoms.